The molecule has 3 fully saturated rings. The topological polar surface area (TPSA) is 123 Å². The molecule has 3 amide bonds. The molecule has 1 aromatic rings. The highest BCUT2D eigenvalue weighted by Gasteiger charge is 2.39. The molecule has 2 saturated heterocycles. The molecule has 0 aromatic carbocycles. The zero-order chi connectivity index (χ0) is 23.8. The minimum absolute atomic E-state index is 0.235. The van der Waals surface area contributed by atoms with Crippen LogP contribution in [0.2, 0.25) is 0 Å². The number of carbonyl (C=O) groups is 2. The summed E-state index contributed by atoms with van der Waals surface area (Å²) >= 11 is 0. The summed E-state index contributed by atoms with van der Waals surface area (Å²) in [6, 6.07) is 3.24. The molecular weight excluding hydrogens is 434 g/mol. The minimum Gasteiger partial charge on any atom is -0.378 e. The van der Waals surface area contributed by atoms with E-state index in [9.17, 15) is 14.9 Å². The van der Waals surface area contributed by atoms with E-state index in [1.807, 2.05) is 4.90 Å². The van der Waals surface area contributed by atoms with Crippen LogP contribution in [-0.4, -0.2) is 77.8 Å². The molecule has 2 N–H and O–H groups in total. The molecule has 0 spiro atoms. The molecule has 4 rings (SSSR count). The van der Waals surface area contributed by atoms with Crippen molar-refractivity contribution in [3.8, 4) is 6.07 Å². The van der Waals surface area contributed by atoms with Gasteiger partial charge in [-0.2, -0.15) is 5.26 Å². The van der Waals surface area contributed by atoms with E-state index in [1.54, 1.807) is 23.4 Å². The second-order valence-electron chi connectivity index (χ2n) is 9.56. The first kappa shape index (κ1) is 24.2. The maximum atomic E-state index is 13.5. The third-order valence-corrected chi connectivity index (χ3v) is 7.23. The van der Waals surface area contributed by atoms with E-state index in [2.05, 4.69) is 26.7 Å². The van der Waals surface area contributed by atoms with Crippen LogP contribution >= 0.6 is 0 Å². The number of nitrogens with zero attached hydrogens (tertiary/aromatic N) is 5. The van der Waals surface area contributed by atoms with Gasteiger partial charge in [0.2, 0.25) is 11.9 Å². The summed E-state index contributed by atoms with van der Waals surface area (Å²) < 4.78 is 5.34. The molecule has 34 heavy (non-hydrogen) atoms. The standard InChI is InChI=1S/C24H35N7O3/c25-18-24(7-11-30(12-8-24)22-26-9-4-10-27-22)29-21(32)20(17-19-5-2-1-3-6-19)28-23(33)31-13-15-34-16-14-31/h4,9-10,19-20H,1-3,5-8,11-17H2,(H,28,33)(H,29,32). The van der Waals surface area contributed by atoms with Crippen LogP contribution in [0, 0.1) is 17.2 Å². The van der Waals surface area contributed by atoms with E-state index < -0.39 is 11.6 Å². The first-order valence-electron chi connectivity index (χ1n) is 12.5. The molecule has 10 heteroatoms. The van der Waals surface area contributed by atoms with Crippen molar-refractivity contribution in [3.05, 3.63) is 18.5 Å². The monoisotopic (exact) mass is 469 g/mol. The SMILES string of the molecule is N#CC1(NC(=O)C(CC2CCCCC2)NC(=O)N2CCOCC2)CCN(c2ncccn2)CC1. The van der Waals surface area contributed by atoms with Gasteiger partial charge in [-0.15, -0.1) is 0 Å². The summed E-state index contributed by atoms with van der Waals surface area (Å²) in [5.41, 5.74) is -0.961. The van der Waals surface area contributed by atoms with E-state index in [1.165, 1.54) is 6.42 Å². The molecule has 0 bridgehead atoms. The highest BCUT2D eigenvalue weighted by atomic mass is 16.5. The average molecular weight is 470 g/mol. The highest BCUT2D eigenvalue weighted by Crippen LogP contribution is 2.29. The lowest BCUT2D eigenvalue weighted by Gasteiger charge is -2.39. The molecule has 184 valence electrons. The Morgan fingerprint density at radius 1 is 1.12 bits per heavy atom. The largest absolute Gasteiger partial charge is 0.378 e. The first-order valence-corrected chi connectivity index (χ1v) is 12.5. The second kappa shape index (κ2) is 11.5. The zero-order valence-electron chi connectivity index (χ0n) is 19.7. The fourth-order valence-electron chi connectivity index (χ4n) is 5.13. The van der Waals surface area contributed by atoms with Crippen molar-refractivity contribution in [1.29, 1.82) is 5.26 Å². The Morgan fingerprint density at radius 3 is 2.44 bits per heavy atom. The number of amides is 3. The Morgan fingerprint density at radius 2 is 1.79 bits per heavy atom. The van der Waals surface area contributed by atoms with Crippen LogP contribution in [-0.2, 0) is 9.53 Å². The molecule has 3 aliphatic rings. The highest BCUT2D eigenvalue weighted by molar-refractivity contribution is 5.88. The molecule has 1 unspecified atom stereocenters. The van der Waals surface area contributed by atoms with Crippen molar-refractivity contribution in [1.82, 2.24) is 25.5 Å². The summed E-state index contributed by atoms with van der Waals surface area (Å²) in [6.07, 6.45) is 10.7. The zero-order valence-corrected chi connectivity index (χ0v) is 19.7. The van der Waals surface area contributed by atoms with Crippen molar-refractivity contribution in [3.63, 3.8) is 0 Å². The van der Waals surface area contributed by atoms with Gasteiger partial charge in [0.1, 0.15) is 11.6 Å². The number of ether oxygens (including phenoxy) is 1. The third-order valence-electron chi connectivity index (χ3n) is 7.23. The van der Waals surface area contributed by atoms with Crippen molar-refractivity contribution >= 4 is 17.9 Å². The maximum absolute atomic E-state index is 13.5. The van der Waals surface area contributed by atoms with Gasteiger partial charge in [-0.05, 0) is 18.4 Å². The van der Waals surface area contributed by atoms with Gasteiger partial charge in [0.15, 0.2) is 0 Å². The number of nitriles is 1. The molecule has 1 atom stereocenters. The van der Waals surface area contributed by atoms with Gasteiger partial charge >= 0.3 is 6.03 Å². The van der Waals surface area contributed by atoms with Crippen molar-refractivity contribution in [2.24, 2.45) is 5.92 Å². The molecule has 3 heterocycles. The number of anilines is 1. The normalized spacial score (nSPS) is 21.9. The fraction of sp³-hybridized carbons (Fsp3) is 0.708. The first-order chi connectivity index (χ1) is 16.6. The Balaban J connectivity index is 1.40. The van der Waals surface area contributed by atoms with Crippen LogP contribution in [0.3, 0.4) is 0 Å². The van der Waals surface area contributed by atoms with Gasteiger partial charge in [-0.3, -0.25) is 4.79 Å². The molecule has 1 aliphatic carbocycles. The van der Waals surface area contributed by atoms with Crippen molar-refractivity contribution in [2.75, 3.05) is 44.3 Å². The summed E-state index contributed by atoms with van der Waals surface area (Å²) in [5, 5.41) is 16.0. The smallest absolute Gasteiger partial charge is 0.318 e. The number of aromatic nitrogens is 2. The molecular formula is C24H35N7O3. The third kappa shape index (κ3) is 6.14. The Labute approximate surface area is 201 Å². The lowest BCUT2D eigenvalue weighted by molar-refractivity contribution is -0.125. The van der Waals surface area contributed by atoms with E-state index in [-0.39, 0.29) is 11.9 Å². The van der Waals surface area contributed by atoms with E-state index in [0.717, 1.165) is 25.7 Å². The minimum atomic E-state index is -0.961. The number of morpholine rings is 1. The van der Waals surface area contributed by atoms with Crippen LogP contribution < -0.4 is 15.5 Å². The molecule has 0 radical (unpaired) electrons. The number of hydrogen-bond donors (Lipinski definition) is 2. The Bertz CT molecular complexity index is 855. The predicted molar refractivity (Wildman–Crippen MR) is 126 cm³/mol. The Hall–Kier alpha value is -2.93. The Kier molecular flexibility index (Phi) is 8.16. The average Bonchev–Trinajstić information content (AvgIpc) is 2.90. The maximum Gasteiger partial charge on any atom is 0.318 e. The van der Waals surface area contributed by atoms with Gasteiger partial charge in [-0.1, -0.05) is 32.1 Å². The number of nitrogens with one attached hydrogen (secondary N) is 2. The van der Waals surface area contributed by atoms with Gasteiger partial charge in [0, 0.05) is 51.4 Å². The van der Waals surface area contributed by atoms with E-state index >= 15 is 0 Å². The van der Waals surface area contributed by atoms with E-state index in [4.69, 9.17) is 4.74 Å². The van der Waals surface area contributed by atoms with Crippen molar-refractivity contribution in [2.45, 2.75) is 62.9 Å². The number of carbonyl (C=O) groups excluding carboxylic acids is 2. The molecule has 1 aromatic heterocycles. The van der Waals surface area contributed by atoms with Crippen LogP contribution in [0.5, 0.6) is 0 Å². The summed E-state index contributed by atoms with van der Waals surface area (Å²) in [7, 11) is 0. The van der Waals surface area contributed by atoms with Crippen LogP contribution in [0.25, 0.3) is 0 Å². The predicted octanol–water partition coefficient (Wildman–Crippen LogP) is 1.84. The lowest BCUT2D eigenvalue weighted by Crippen LogP contribution is -2.60. The van der Waals surface area contributed by atoms with E-state index in [0.29, 0.717) is 70.5 Å². The summed E-state index contributed by atoms with van der Waals surface area (Å²) in [6.45, 7) is 3.20. The van der Waals surface area contributed by atoms with Crippen LogP contribution in [0.15, 0.2) is 18.5 Å². The number of piperidine rings is 1. The summed E-state index contributed by atoms with van der Waals surface area (Å²) in [5.74, 6) is 0.774. The fourth-order valence-corrected chi connectivity index (χ4v) is 5.13. The van der Waals surface area contributed by atoms with Gasteiger partial charge in [0.05, 0.1) is 19.3 Å². The second-order valence-corrected chi connectivity index (χ2v) is 9.56. The number of rotatable bonds is 6. The summed E-state index contributed by atoms with van der Waals surface area (Å²) in [4.78, 5) is 38.7. The quantitative estimate of drug-likeness (QED) is 0.651. The van der Waals surface area contributed by atoms with Crippen LogP contribution in [0.4, 0.5) is 10.7 Å². The number of urea groups is 1. The van der Waals surface area contributed by atoms with Gasteiger partial charge in [-0.25, -0.2) is 14.8 Å². The van der Waals surface area contributed by atoms with Gasteiger partial charge < -0.3 is 25.2 Å². The van der Waals surface area contributed by atoms with Gasteiger partial charge in [0.25, 0.3) is 0 Å². The molecule has 10 nitrogen and oxygen atoms in total. The number of hydrogen-bond acceptors (Lipinski definition) is 7. The lowest BCUT2D eigenvalue weighted by atomic mass is 9.84. The molecule has 2 aliphatic heterocycles. The van der Waals surface area contributed by atoms with Crippen molar-refractivity contribution < 1.29 is 14.3 Å². The van der Waals surface area contributed by atoms with Crippen LogP contribution in [0.1, 0.15) is 51.4 Å². The molecule has 1 saturated carbocycles.